The Bertz CT molecular complexity index is 1100. The number of benzene rings is 1. The van der Waals surface area contributed by atoms with E-state index in [-0.39, 0.29) is 17.7 Å². The Morgan fingerprint density at radius 2 is 1.72 bits per heavy atom. The highest BCUT2D eigenvalue weighted by Gasteiger charge is 2.23. The second-order valence-electron chi connectivity index (χ2n) is 7.97. The average molecular weight is 410 g/mol. The van der Waals surface area contributed by atoms with Crippen molar-refractivity contribution in [2.45, 2.75) is 48.0 Å². The first-order valence-corrected chi connectivity index (χ1v) is 10.6. The summed E-state index contributed by atoms with van der Waals surface area (Å²) in [4.78, 5) is 31.4. The van der Waals surface area contributed by atoms with Crippen molar-refractivity contribution in [2.24, 2.45) is 5.92 Å². The van der Waals surface area contributed by atoms with Crippen LogP contribution in [0, 0.1) is 33.6 Å². The topological polar surface area (TPSA) is 71.1 Å². The van der Waals surface area contributed by atoms with Gasteiger partial charge < -0.3 is 10.6 Å². The van der Waals surface area contributed by atoms with Gasteiger partial charge in [-0.05, 0) is 68.5 Å². The molecule has 0 fully saturated rings. The van der Waals surface area contributed by atoms with Gasteiger partial charge in [-0.2, -0.15) is 0 Å². The molecule has 0 aliphatic carbocycles. The van der Waals surface area contributed by atoms with Gasteiger partial charge in [0.25, 0.3) is 5.91 Å². The molecular formula is C23H27N3O2S. The van der Waals surface area contributed by atoms with Crippen LogP contribution < -0.4 is 10.6 Å². The number of rotatable bonds is 5. The van der Waals surface area contributed by atoms with Crippen LogP contribution in [0.2, 0.25) is 0 Å². The molecular weight excluding hydrogens is 382 g/mol. The summed E-state index contributed by atoms with van der Waals surface area (Å²) in [7, 11) is 0. The maximum Gasteiger partial charge on any atom is 0.267 e. The van der Waals surface area contributed by atoms with E-state index in [4.69, 9.17) is 0 Å². The molecule has 2 N–H and O–H groups in total. The zero-order valence-corrected chi connectivity index (χ0v) is 18.6. The molecule has 0 saturated carbocycles. The minimum Gasteiger partial charge on any atom is -0.324 e. The van der Waals surface area contributed by atoms with Crippen LogP contribution in [0.4, 0.5) is 11.4 Å². The molecule has 1 aromatic carbocycles. The number of thiophene rings is 1. The number of aromatic nitrogens is 1. The Morgan fingerprint density at radius 3 is 2.38 bits per heavy atom. The Labute approximate surface area is 175 Å². The van der Waals surface area contributed by atoms with E-state index in [2.05, 4.69) is 15.6 Å². The lowest BCUT2D eigenvalue weighted by molar-refractivity contribution is -0.116. The zero-order valence-electron chi connectivity index (χ0n) is 17.8. The third-order valence-corrected chi connectivity index (χ3v) is 5.90. The molecule has 0 aliphatic rings. The molecule has 0 saturated heterocycles. The number of nitrogens with one attached hydrogen (secondary N) is 2. The van der Waals surface area contributed by atoms with Crippen LogP contribution in [0.1, 0.15) is 52.3 Å². The molecule has 0 bridgehead atoms. The first-order valence-electron chi connectivity index (χ1n) is 9.75. The number of hydrogen-bond acceptors (Lipinski definition) is 4. The maximum absolute atomic E-state index is 13.1. The van der Waals surface area contributed by atoms with Crippen molar-refractivity contribution < 1.29 is 9.59 Å². The highest BCUT2D eigenvalue weighted by atomic mass is 32.1. The van der Waals surface area contributed by atoms with Crippen LogP contribution in [0.15, 0.2) is 24.3 Å². The standard InChI is InChI=1S/C23H27N3O2S/c1-12(2)9-18(27)26-20-19-15(5)10-16(6)24-23(19)29-21(20)22(28)25-17-8-7-13(3)14(4)11-17/h7-8,10-12H,9H2,1-6H3,(H,25,28)(H,26,27). The van der Waals surface area contributed by atoms with Crippen molar-refractivity contribution in [1.82, 2.24) is 4.98 Å². The first-order chi connectivity index (χ1) is 13.7. The lowest BCUT2D eigenvalue weighted by Gasteiger charge is -2.11. The van der Waals surface area contributed by atoms with Crippen molar-refractivity contribution in [2.75, 3.05) is 10.6 Å². The number of aryl methyl sites for hydroxylation is 4. The minimum atomic E-state index is -0.242. The minimum absolute atomic E-state index is 0.0973. The lowest BCUT2D eigenvalue weighted by atomic mass is 10.1. The molecule has 3 aromatic rings. The average Bonchev–Trinajstić information content (AvgIpc) is 2.95. The molecule has 2 aromatic heterocycles. The smallest absolute Gasteiger partial charge is 0.267 e. The molecule has 3 rings (SSSR count). The van der Waals surface area contributed by atoms with Gasteiger partial charge in [-0.15, -0.1) is 11.3 Å². The summed E-state index contributed by atoms with van der Waals surface area (Å²) in [5.74, 6) is -0.109. The van der Waals surface area contributed by atoms with Crippen LogP contribution in [0.5, 0.6) is 0 Å². The molecule has 0 radical (unpaired) electrons. The number of pyridine rings is 1. The highest BCUT2D eigenvalue weighted by Crippen LogP contribution is 2.38. The summed E-state index contributed by atoms with van der Waals surface area (Å²) < 4.78 is 0. The Kier molecular flexibility index (Phi) is 6.03. The van der Waals surface area contributed by atoms with E-state index >= 15 is 0 Å². The van der Waals surface area contributed by atoms with E-state index in [0.29, 0.717) is 17.0 Å². The Hall–Kier alpha value is -2.73. The van der Waals surface area contributed by atoms with Crippen LogP contribution in [-0.4, -0.2) is 16.8 Å². The molecule has 5 nitrogen and oxygen atoms in total. The van der Waals surface area contributed by atoms with E-state index in [1.54, 1.807) is 0 Å². The number of anilines is 2. The molecule has 0 aliphatic heterocycles. The van der Waals surface area contributed by atoms with Gasteiger partial charge in [0.15, 0.2) is 0 Å². The number of fused-ring (bicyclic) bond motifs is 1. The van der Waals surface area contributed by atoms with Gasteiger partial charge in [-0.3, -0.25) is 9.59 Å². The third-order valence-electron chi connectivity index (χ3n) is 4.82. The third kappa shape index (κ3) is 4.65. The second kappa shape index (κ2) is 8.33. The van der Waals surface area contributed by atoms with Gasteiger partial charge in [0.1, 0.15) is 9.71 Å². The second-order valence-corrected chi connectivity index (χ2v) is 8.97. The molecule has 0 spiro atoms. The van der Waals surface area contributed by atoms with Gasteiger partial charge in [0, 0.05) is 23.2 Å². The lowest BCUT2D eigenvalue weighted by Crippen LogP contribution is -2.18. The zero-order chi connectivity index (χ0) is 21.3. The summed E-state index contributed by atoms with van der Waals surface area (Å²) >= 11 is 1.31. The number of carbonyl (C=O) groups is 2. The van der Waals surface area contributed by atoms with Gasteiger partial charge in [-0.25, -0.2) is 4.98 Å². The van der Waals surface area contributed by atoms with Crippen LogP contribution in [0.3, 0.4) is 0 Å². The number of nitrogens with zero attached hydrogens (tertiary/aromatic N) is 1. The fourth-order valence-corrected chi connectivity index (χ4v) is 4.44. The SMILES string of the molecule is Cc1cc(C)c2c(NC(=O)CC(C)C)c(C(=O)Nc3ccc(C)c(C)c3)sc2n1. The van der Waals surface area contributed by atoms with Crippen LogP contribution in [0.25, 0.3) is 10.2 Å². The number of amides is 2. The predicted molar refractivity (Wildman–Crippen MR) is 121 cm³/mol. The van der Waals surface area contributed by atoms with Crippen molar-refractivity contribution in [3.8, 4) is 0 Å². The number of hydrogen-bond donors (Lipinski definition) is 2. The van der Waals surface area contributed by atoms with Crippen molar-refractivity contribution in [1.29, 1.82) is 0 Å². The Balaban J connectivity index is 2.03. The maximum atomic E-state index is 13.1. The normalized spacial score (nSPS) is 11.1. The van der Waals surface area contributed by atoms with Crippen molar-refractivity contribution in [3.05, 3.63) is 51.5 Å². The van der Waals surface area contributed by atoms with Gasteiger partial charge in [0.2, 0.25) is 5.91 Å². The number of carbonyl (C=O) groups excluding carboxylic acids is 2. The molecule has 6 heteroatoms. The summed E-state index contributed by atoms with van der Waals surface area (Å²) in [6, 6.07) is 7.79. The van der Waals surface area contributed by atoms with E-state index in [9.17, 15) is 9.59 Å². The van der Waals surface area contributed by atoms with E-state index in [0.717, 1.165) is 32.7 Å². The fourth-order valence-electron chi connectivity index (χ4n) is 3.29. The Morgan fingerprint density at radius 1 is 1.00 bits per heavy atom. The monoisotopic (exact) mass is 409 g/mol. The quantitative estimate of drug-likeness (QED) is 0.562. The van der Waals surface area contributed by atoms with E-state index in [1.165, 1.54) is 16.9 Å². The summed E-state index contributed by atoms with van der Waals surface area (Å²) in [5, 5.41) is 6.79. The summed E-state index contributed by atoms with van der Waals surface area (Å²) in [5.41, 5.74) is 5.45. The summed E-state index contributed by atoms with van der Waals surface area (Å²) in [6.07, 6.45) is 0.397. The summed E-state index contributed by atoms with van der Waals surface area (Å²) in [6.45, 7) is 11.9. The van der Waals surface area contributed by atoms with Crippen molar-refractivity contribution >= 4 is 44.7 Å². The molecule has 29 heavy (non-hydrogen) atoms. The van der Waals surface area contributed by atoms with Gasteiger partial charge in [0.05, 0.1) is 5.69 Å². The molecule has 0 unspecified atom stereocenters. The fraction of sp³-hybridized carbons (Fsp3) is 0.348. The predicted octanol–water partition coefficient (Wildman–Crippen LogP) is 5.77. The molecule has 2 amide bonds. The first kappa shape index (κ1) is 21.0. The molecule has 152 valence electrons. The van der Waals surface area contributed by atoms with Gasteiger partial charge in [-0.1, -0.05) is 19.9 Å². The van der Waals surface area contributed by atoms with Gasteiger partial charge >= 0.3 is 0 Å². The van der Waals surface area contributed by atoms with Crippen LogP contribution in [-0.2, 0) is 4.79 Å². The molecule has 2 heterocycles. The highest BCUT2D eigenvalue weighted by molar-refractivity contribution is 7.21. The van der Waals surface area contributed by atoms with Crippen LogP contribution >= 0.6 is 11.3 Å². The molecule has 0 atom stereocenters. The van der Waals surface area contributed by atoms with E-state index < -0.39 is 0 Å². The van der Waals surface area contributed by atoms with E-state index in [1.807, 2.05) is 65.8 Å². The largest absolute Gasteiger partial charge is 0.324 e. The van der Waals surface area contributed by atoms with Crippen molar-refractivity contribution in [3.63, 3.8) is 0 Å².